The van der Waals surface area contributed by atoms with Crippen LogP contribution in [0.4, 0.5) is 5.69 Å². The fraction of sp³-hybridized carbons (Fsp3) is 0.455. The molecular formula is C11H16N2O3S. The van der Waals surface area contributed by atoms with Crippen molar-refractivity contribution in [2.45, 2.75) is 18.7 Å². The van der Waals surface area contributed by atoms with Gasteiger partial charge in [-0.05, 0) is 12.5 Å². The number of nitro groups is 1. The summed E-state index contributed by atoms with van der Waals surface area (Å²) in [7, 11) is -0.851. The third-order valence-electron chi connectivity index (χ3n) is 2.45. The van der Waals surface area contributed by atoms with Crippen LogP contribution in [0.3, 0.4) is 0 Å². The highest BCUT2D eigenvalue weighted by atomic mass is 32.2. The van der Waals surface area contributed by atoms with Crippen LogP contribution >= 0.6 is 0 Å². The Hall–Kier alpha value is -1.27. The molecule has 5 nitrogen and oxygen atoms in total. The Morgan fingerprint density at radius 1 is 1.53 bits per heavy atom. The van der Waals surface area contributed by atoms with E-state index in [4.69, 9.17) is 0 Å². The quantitative estimate of drug-likeness (QED) is 0.617. The molecule has 0 aromatic heterocycles. The summed E-state index contributed by atoms with van der Waals surface area (Å²) >= 11 is 0. The van der Waals surface area contributed by atoms with Crippen LogP contribution in [-0.2, 0) is 17.3 Å². The summed E-state index contributed by atoms with van der Waals surface area (Å²) < 4.78 is 11.1. The van der Waals surface area contributed by atoms with Crippen molar-refractivity contribution in [1.29, 1.82) is 0 Å². The normalized spacial score (nSPS) is 14.2. The number of nitrogens with one attached hydrogen (secondary N) is 1. The van der Waals surface area contributed by atoms with Crippen LogP contribution in [-0.4, -0.2) is 27.2 Å². The largest absolute Gasteiger partial charge is 0.311 e. The molecule has 0 radical (unpaired) electrons. The molecule has 6 heteroatoms. The third-order valence-corrected chi connectivity index (χ3v) is 3.75. The second-order valence-electron chi connectivity index (χ2n) is 3.87. The van der Waals surface area contributed by atoms with Crippen LogP contribution in [0, 0.1) is 10.1 Å². The minimum Gasteiger partial charge on any atom is -0.311 e. The van der Waals surface area contributed by atoms with Crippen molar-refractivity contribution >= 4 is 16.5 Å². The van der Waals surface area contributed by atoms with Gasteiger partial charge in [0, 0.05) is 47.5 Å². The van der Waals surface area contributed by atoms with Gasteiger partial charge in [0.25, 0.3) is 5.69 Å². The average Bonchev–Trinajstić information content (AvgIpc) is 2.29. The highest BCUT2D eigenvalue weighted by Gasteiger charge is 2.07. The Kier molecular flexibility index (Phi) is 5.24. The van der Waals surface area contributed by atoms with Crippen molar-refractivity contribution in [1.82, 2.24) is 5.32 Å². The van der Waals surface area contributed by atoms with Crippen LogP contribution in [0.15, 0.2) is 24.3 Å². The lowest BCUT2D eigenvalue weighted by atomic mass is 10.2. The zero-order chi connectivity index (χ0) is 12.8. The Balaban J connectivity index is 2.49. The minimum absolute atomic E-state index is 0.0775. The maximum atomic E-state index is 11.1. The molecule has 0 aliphatic carbocycles. The van der Waals surface area contributed by atoms with Gasteiger partial charge in [-0.25, -0.2) is 0 Å². The fourth-order valence-corrected chi connectivity index (χ4v) is 1.67. The van der Waals surface area contributed by atoms with Gasteiger partial charge < -0.3 is 5.32 Å². The van der Waals surface area contributed by atoms with Crippen molar-refractivity contribution in [3.63, 3.8) is 0 Å². The average molecular weight is 256 g/mol. The van der Waals surface area contributed by atoms with Crippen molar-refractivity contribution in [3.8, 4) is 0 Å². The van der Waals surface area contributed by atoms with E-state index in [2.05, 4.69) is 5.32 Å². The van der Waals surface area contributed by atoms with Gasteiger partial charge in [0.1, 0.15) is 0 Å². The van der Waals surface area contributed by atoms with Crippen molar-refractivity contribution < 1.29 is 9.13 Å². The highest BCUT2D eigenvalue weighted by Crippen LogP contribution is 2.12. The highest BCUT2D eigenvalue weighted by molar-refractivity contribution is 7.84. The maximum absolute atomic E-state index is 11.1. The number of nitrogens with zero attached hydrogens (tertiary/aromatic N) is 1. The second-order valence-corrected chi connectivity index (χ2v) is 5.67. The van der Waals surface area contributed by atoms with E-state index >= 15 is 0 Å². The predicted molar refractivity (Wildman–Crippen MR) is 68.3 cm³/mol. The Morgan fingerprint density at radius 3 is 2.82 bits per heavy atom. The van der Waals surface area contributed by atoms with E-state index in [-0.39, 0.29) is 10.9 Å². The standard InChI is InChI=1S/C11H16N2O3S/c1-9(17(2)16)7-12-8-10-4-3-5-11(6-10)13(14)15/h3-6,9,12H,7-8H2,1-2H3/t9-,17+/m1/s1. The van der Waals surface area contributed by atoms with Crippen molar-refractivity contribution in [2.24, 2.45) is 0 Å². The molecule has 0 saturated carbocycles. The molecule has 0 fully saturated rings. The number of nitro benzene ring substituents is 1. The number of hydrogen-bond acceptors (Lipinski definition) is 4. The molecule has 0 aliphatic heterocycles. The minimum atomic E-state index is -0.851. The third kappa shape index (κ3) is 4.62. The van der Waals surface area contributed by atoms with Gasteiger partial charge in [-0.15, -0.1) is 0 Å². The van der Waals surface area contributed by atoms with Crippen molar-refractivity contribution in [3.05, 3.63) is 39.9 Å². The molecule has 1 aromatic carbocycles. The van der Waals surface area contributed by atoms with Crippen molar-refractivity contribution in [2.75, 3.05) is 12.8 Å². The molecule has 1 aromatic rings. The summed E-state index contributed by atoms with van der Waals surface area (Å²) in [6.45, 7) is 3.07. The lowest BCUT2D eigenvalue weighted by molar-refractivity contribution is -0.384. The molecule has 0 amide bonds. The number of hydrogen-bond donors (Lipinski definition) is 1. The number of rotatable bonds is 6. The maximum Gasteiger partial charge on any atom is 0.269 e. The molecule has 1 rings (SSSR count). The van der Waals surface area contributed by atoms with Crippen LogP contribution < -0.4 is 5.32 Å². The zero-order valence-corrected chi connectivity index (χ0v) is 10.7. The molecule has 1 N–H and O–H groups in total. The lowest BCUT2D eigenvalue weighted by Gasteiger charge is -2.09. The van der Waals surface area contributed by atoms with E-state index in [0.717, 1.165) is 5.56 Å². The molecule has 0 spiro atoms. The molecule has 0 aliphatic rings. The molecule has 17 heavy (non-hydrogen) atoms. The summed E-state index contributed by atoms with van der Waals surface area (Å²) in [5.74, 6) is 0. The van der Waals surface area contributed by atoms with E-state index < -0.39 is 15.7 Å². The van der Waals surface area contributed by atoms with Crippen LogP contribution in [0.25, 0.3) is 0 Å². The molecule has 0 bridgehead atoms. The van der Waals surface area contributed by atoms with Crippen LogP contribution in [0.1, 0.15) is 12.5 Å². The lowest BCUT2D eigenvalue weighted by Crippen LogP contribution is -2.27. The topological polar surface area (TPSA) is 72.2 Å². The first kappa shape index (κ1) is 13.8. The predicted octanol–water partition coefficient (Wildman–Crippen LogP) is 1.45. The number of benzene rings is 1. The molecule has 94 valence electrons. The zero-order valence-electron chi connectivity index (χ0n) is 9.88. The van der Waals surface area contributed by atoms with Gasteiger partial charge in [0.2, 0.25) is 0 Å². The van der Waals surface area contributed by atoms with E-state index in [1.807, 2.05) is 13.0 Å². The summed E-state index contributed by atoms with van der Waals surface area (Å²) in [5, 5.41) is 13.8. The van der Waals surface area contributed by atoms with E-state index in [1.54, 1.807) is 18.4 Å². The Labute approximate surface area is 103 Å². The smallest absolute Gasteiger partial charge is 0.269 e. The van der Waals surface area contributed by atoms with Gasteiger partial charge in [-0.2, -0.15) is 0 Å². The summed E-state index contributed by atoms with van der Waals surface area (Å²) in [4.78, 5) is 10.2. The molecule has 0 unspecified atom stereocenters. The van der Waals surface area contributed by atoms with Gasteiger partial charge in [0.05, 0.1) is 4.92 Å². The fourth-order valence-electron chi connectivity index (χ4n) is 1.32. The molecule has 0 heterocycles. The van der Waals surface area contributed by atoms with E-state index in [0.29, 0.717) is 13.1 Å². The summed E-state index contributed by atoms with van der Waals surface area (Å²) in [6.07, 6.45) is 1.67. The first-order chi connectivity index (χ1) is 8.00. The summed E-state index contributed by atoms with van der Waals surface area (Å²) in [6, 6.07) is 6.50. The first-order valence-corrected chi connectivity index (χ1v) is 6.89. The molecular weight excluding hydrogens is 240 g/mol. The van der Waals surface area contributed by atoms with E-state index in [1.165, 1.54) is 6.07 Å². The van der Waals surface area contributed by atoms with Gasteiger partial charge in [-0.3, -0.25) is 14.3 Å². The van der Waals surface area contributed by atoms with Crippen LogP contribution in [0.5, 0.6) is 0 Å². The van der Waals surface area contributed by atoms with E-state index in [9.17, 15) is 14.3 Å². The van der Waals surface area contributed by atoms with Gasteiger partial charge in [0.15, 0.2) is 0 Å². The molecule has 2 atom stereocenters. The Bertz CT molecular complexity index is 423. The number of non-ortho nitro benzene ring substituents is 1. The monoisotopic (exact) mass is 256 g/mol. The summed E-state index contributed by atoms with van der Waals surface area (Å²) in [5.41, 5.74) is 0.949. The van der Waals surface area contributed by atoms with Gasteiger partial charge in [-0.1, -0.05) is 12.1 Å². The first-order valence-electron chi connectivity index (χ1n) is 5.27. The molecule has 0 saturated heterocycles. The van der Waals surface area contributed by atoms with Crippen LogP contribution in [0.2, 0.25) is 0 Å². The second kappa shape index (κ2) is 6.46. The van der Waals surface area contributed by atoms with Gasteiger partial charge >= 0.3 is 0 Å². The Morgan fingerprint density at radius 2 is 2.24 bits per heavy atom. The SMILES string of the molecule is C[C@H](CNCc1cccc([N+](=O)[O-])c1)[S@](C)=O.